The third-order valence-electron chi connectivity index (χ3n) is 4.59. The Kier molecular flexibility index (Phi) is 5.41. The van der Waals surface area contributed by atoms with Gasteiger partial charge in [-0.1, -0.05) is 0 Å². The van der Waals surface area contributed by atoms with E-state index in [-0.39, 0.29) is 0 Å². The Hall–Kier alpha value is -0.650. The highest BCUT2D eigenvalue weighted by Crippen LogP contribution is 2.29. The molecule has 0 aromatic carbocycles. The molecule has 1 aliphatic heterocycles. The predicted molar refractivity (Wildman–Crippen MR) is 79.7 cm³/mol. The van der Waals surface area contributed by atoms with Crippen LogP contribution in [0.5, 0.6) is 0 Å². The number of carboxylic acid groups (broad SMARTS) is 1. The standard InChI is InChI=1S/C15H29N3O2/c1-15(16,14(19)20)6-2-3-7-17-8-10-18(11-9-17)12-13-4-5-13/h13H,2-12,16H2,1H3,(H,19,20). The Labute approximate surface area is 122 Å². The van der Waals surface area contributed by atoms with E-state index in [4.69, 9.17) is 10.8 Å². The first-order valence-corrected chi connectivity index (χ1v) is 7.94. The molecule has 116 valence electrons. The van der Waals surface area contributed by atoms with Crippen molar-refractivity contribution in [3.63, 3.8) is 0 Å². The maximum absolute atomic E-state index is 10.9. The van der Waals surface area contributed by atoms with Crippen LogP contribution in [0, 0.1) is 5.92 Å². The average molecular weight is 283 g/mol. The molecular weight excluding hydrogens is 254 g/mol. The molecule has 0 radical (unpaired) electrons. The van der Waals surface area contributed by atoms with Crippen LogP contribution in [0.15, 0.2) is 0 Å². The molecule has 5 heteroatoms. The summed E-state index contributed by atoms with van der Waals surface area (Å²) in [5.74, 6) is 0.0889. The van der Waals surface area contributed by atoms with Crippen LogP contribution in [0.3, 0.4) is 0 Å². The van der Waals surface area contributed by atoms with Crippen LogP contribution < -0.4 is 5.73 Å². The van der Waals surface area contributed by atoms with Gasteiger partial charge in [0.05, 0.1) is 0 Å². The fraction of sp³-hybridized carbons (Fsp3) is 0.933. The first-order valence-electron chi connectivity index (χ1n) is 7.94. The smallest absolute Gasteiger partial charge is 0.323 e. The van der Waals surface area contributed by atoms with Crippen molar-refractivity contribution < 1.29 is 9.90 Å². The van der Waals surface area contributed by atoms with E-state index >= 15 is 0 Å². The van der Waals surface area contributed by atoms with E-state index in [0.717, 1.165) is 38.4 Å². The first-order chi connectivity index (χ1) is 9.47. The van der Waals surface area contributed by atoms with E-state index < -0.39 is 11.5 Å². The number of nitrogens with two attached hydrogens (primary N) is 1. The van der Waals surface area contributed by atoms with E-state index in [0.29, 0.717) is 6.42 Å². The van der Waals surface area contributed by atoms with Crippen molar-refractivity contribution in [1.82, 2.24) is 9.80 Å². The number of carboxylic acids is 1. The lowest BCUT2D eigenvalue weighted by Crippen LogP contribution is -2.47. The second-order valence-corrected chi connectivity index (χ2v) is 6.77. The maximum atomic E-state index is 10.9. The van der Waals surface area contributed by atoms with Gasteiger partial charge in [0, 0.05) is 32.7 Å². The van der Waals surface area contributed by atoms with Gasteiger partial charge < -0.3 is 20.6 Å². The zero-order valence-electron chi connectivity index (χ0n) is 12.7. The summed E-state index contributed by atoms with van der Waals surface area (Å²) in [6, 6.07) is 0. The van der Waals surface area contributed by atoms with Gasteiger partial charge in [0.25, 0.3) is 0 Å². The Balaban J connectivity index is 1.53. The van der Waals surface area contributed by atoms with Gasteiger partial charge in [-0.05, 0) is 51.5 Å². The molecule has 3 N–H and O–H groups in total. The highest BCUT2D eigenvalue weighted by Gasteiger charge is 2.28. The molecule has 1 aliphatic carbocycles. The zero-order valence-corrected chi connectivity index (χ0v) is 12.7. The molecule has 1 unspecified atom stereocenters. The zero-order chi connectivity index (χ0) is 14.6. The molecule has 0 spiro atoms. The minimum Gasteiger partial charge on any atom is -0.480 e. The third-order valence-corrected chi connectivity index (χ3v) is 4.59. The van der Waals surface area contributed by atoms with Crippen molar-refractivity contribution in [2.24, 2.45) is 11.7 Å². The van der Waals surface area contributed by atoms with Crippen molar-refractivity contribution in [3.05, 3.63) is 0 Å². The molecular formula is C15H29N3O2. The average Bonchev–Trinajstić information content (AvgIpc) is 3.20. The van der Waals surface area contributed by atoms with Crippen molar-refractivity contribution in [3.8, 4) is 0 Å². The number of hydrogen-bond donors (Lipinski definition) is 2. The quantitative estimate of drug-likeness (QED) is 0.650. The number of nitrogens with zero attached hydrogens (tertiary/aromatic N) is 2. The Bertz CT molecular complexity index is 321. The minimum absolute atomic E-state index is 0.560. The molecule has 1 saturated heterocycles. The Morgan fingerprint density at radius 3 is 2.35 bits per heavy atom. The summed E-state index contributed by atoms with van der Waals surface area (Å²) < 4.78 is 0. The molecule has 0 amide bonds. The van der Waals surface area contributed by atoms with Crippen LogP contribution in [-0.2, 0) is 4.79 Å². The summed E-state index contributed by atoms with van der Waals surface area (Å²) >= 11 is 0. The van der Waals surface area contributed by atoms with Gasteiger partial charge in [0.2, 0.25) is 0 Å². The van der Waals surface area contributed by atoms with Crippen LogP contribution in [-0.4, -0.2) is 65.7 Å². The summed E-state index contributed by atoms with van der Waals surface area (Å²) in [5.41, 5.74) is 4.66. The van der Waals surface area contributed by atoms with Crippen LogP contribution >= 0.6 is 0 Å². The molecule has 1 heterocycles. The largest absolute Gasteiger partial charge is 0.480 e. The fourth-order valence-electron chi connectivity index (χ4n) is 2.80. The first kappa shape index (κ1) is 15.7. The SMILES string of the molecule is CC(N)(CCCCN1CCN(CC2CC2)CC1)C(=O)O. The van der Waals surface area contributed by atoms with Crippen molar-refractivity contribution in [1.29, 1.82) is 0 Å². The van der Waals surface area contributed by atoms with Gasteiger partial charge in [-0.2, -0.15) is 0 Å². The summed E-state index contributed by atoms with van der Waals surface area (Å²) in [7, 11) is 0. The van der Waals surface area contributed by atoms with Crippen molar-refractivity contribution in [2.45, 2.75) is 44.6 Å². The van der Waals surface area contributed by atoms with Gasteiger partial charge >= 0.3 is 5.97 Å². The lowest BCUT2D eigenvalue weighted by atomic mass is 9.96. The van der Waals surface area contributed by atoms with Gasteiger partial charge in [-0.15, -0.1) is 0 Å². The molecule has 2 aliphatic rings. The van der Waals surface area contributed by atoms with E-state index in [1.54, 1.807) is 6.92 Å². The molecule has 2 rings (SSSR count). The summed E-state index contributed by atoms with van der Waals surface area (Å²) in [6.45, 7) is 8.69. The molecule has 0 aromatic rings. The van der Waals surface area contributed by atoms with Gasteiger partial charge in [-0.25, -0.2) is 0 Å². The van der Waals surface area contributed by atoms with Crippen LogP contribution in [0.4, 0.5) is 0 Å². The number of piperazine rings is 1. The molecule has 1 saturated carbocycles. The lowest BCUT2D eigenvalue weighted by Gasteiger charge is -2.34. The van der Waals surface area contributed by atoms with E-state index in [1.165, 1.54) is 32.5 Å². The monoisotopic (exact) mass is 283 g/mol. The second kappa shape index (κ2) is 6.87. The van der Waals surface area contributed by atoms with Crippen molar-refractivity contribution >= 4 is 5.97 Å². The summed E-state index contributed by atoms with van der Waals surface area (Å²) in [5, 5.41) is 8.95. The Morgan fingerprint density at radius 2 is 1.80 bits per heavy atom. The van der Waals surface area contributed by atoms with E-state index in [9.17, 15) is 4.79 Å². The summed E-state index contributed by atoms with van der Waals surface area (Å²) in [4.78, 5) is 16.0. The second-order valence-electron chi connectivity index (χ2n) is 6.77. The molecule has 0 aromatic heterocycles. The van der Waals surface area contributed by atoms with Crippen LogP contribution in [0.1, 0.15) is 39.0 Å². The molecule has 1 atom stereocenters. The highest BCUT2D eigenvalue weighted by atomic mass is 16.4. The normalized spacial score (nSPS) is 24.5. The van der Waals surface area contributed by atoms with Crippen LogP contribution in [0.25, 0.3) is 0 Å². The molecule has 0 bridgehead atoms. The number of aliphatic carboxylic acids is 1. The van der Waals surface area contributed by atoms with Crippen LogP contribution in [0.2, 0.25) is 0 Å². The maximum Gasteiger partial charge on any atom is 0.323 e. The van der Waals surface area contributed by atoms with E-state index in [1.807, 2.05) is 0 Å². The Morgan fingerprint density at radius 1 is 1.20 bits per heavy atom. The minimum atomic E-state index is -1.07. The van der Waals surface area contributed by atoms with Crippen molar-refractivity contribution in [2.75, 3.05) is 39.3 Å². The number of hydrogen-bond acceptors (Lipinski definition) is 4. The molecule has 2 fully saturated rings. The number of carbonyl (C=O) groups is 1. The lowest BCUT2D eigenvalue weighted by molar-refractivity contribution is -0.142. The predicted octanol–water partition coefficient (Wildman–Crippen LogP) is 0.986. The van der Waals surface area contributed by atoms with Gasteiger partial charge in [0.15, 0.2) is 0 Å². The molecule has 5 nitrogen and oxygen atoms in total. The fourth-order valence-corrected chi connectivity index (χ4v) is 2.80. The van der Waals surface area contributed by atoms with E-state index in [2.05, 4.69) is 9.80 Å². The van der Waals surface area contributed by atoms with Gasteiger partial charge in [-0.3, -0.25) is 4.79 Å². The highest BCUT2D eigenvalue weighted by molar-refractivity contribution is 5.77. The summed E-state index contributed by atoms with van der Waals surface area (Å²) in [6.07, 6.45) is 5.36. The number of unbranched alkanes of at least 4 members (excludes halogenated alkanes) is 1. The molecule has 20 heavy (non-hydrogen) atoms. The third kappa shape index (κ3) is 5.04. The van der Waals surface area contributed by atoms with Gasteiger partial charge in [0.1, 0.15) is 5.54 Å². The number of rotatable bonds is 8. The topological polar surface area (TPSA) is 69.8 Å².